The number of rotatable bonds is 7. The average Bonchev–Trinajstić information content (AvgIpc) is 2.93. The van der Waals surface area contributed by atoms with E-state index in [1.165, 1.54) is 19.2 Å². The van der Waals surface area contributed by atoms with Crippen LogP contribution in [-0.2, 0) is 21.3 Å². The molecule has 0 aliphatic rings. The number of aryl methyl sites for hydroxylation is 1. The number of halogens is 1. The predicted octanol–water partition coefficient (Wildman–Crippen LogP) is 2.73. The zero-order valence-electron chi connectivity index (χ0n) is 15.5. The molecule has 0 aliphatic heterocycles. The number of carbonyl (C=O) groups excluding carboxylic acids is 2. The van der Waals surface area contributed by atoms with Gasteiger partial charge in [-0.2, -0.15) is 0 Å². The summed E-state index contributed by atoms with van der Waals surface area (Å²) in [4.78, 5) is 24.6. The molecule has 0 radical (unpaired) electrons. The third kappa shape index (κ3) is 4.40. The summed E-state index contributed by atoms with van der Waals surface area (Å²) in [5, 5.41) is 0.0339. The maximum Gasteiger partial charge on any atom is 0.340 e. The molecule has 7 nitrogen and oxygen atoms in total. The molecule has 1 heterocycles. The molecular weight excluding hydrogens is 392 g/mol. The van der Waals surface area contributed by atoms with Crippen molar-refractivity contribution in [3.63, 3.8) is 0 Å². The Morgan fingerprint density at radius 3 is 2.41 bits per heavy atom. The number of Topliss-reactive ketones (excluding diaryl/α,β-unsaturated/α-hetero) is 1. The molecule has 0 saturated carbocycles. The van der Waals surface area contributed by atoms with Crippen molar-refractivity contribution in [1.82, 2.24) is 9.29 Å². The monoisotopic (exact) mass is 412 g/mol. The fourth-order valence-electron chi connectivity index (χ4n) is 2.80. The first-order valence-corrected chi connectivity index (χ1v) is 10.1. The largest absolute Gasteiger partial charge is 0.454 e. The summed E-state index contributed by atoms with van der Waals surface area (Å²) in [5.74, 6) is -1.21. The minimum atomic E-state index is -3.74. The van der Waals surface area contributed by atoms with E-state index in [-0.39, 0.29) is 21.3 Å². The summed E-state index contributed by atoms with van der Waals surface area (Å²) in [6.07, 6.45) is 0. The van der Waals surface area contributed by atoms with Crippen LogP contribution in [0.25, 0.3) is 0 Å². The van der Waals surface area contributed by atoms with Gasteiger partial charge in [-0.25, -0.2) is 17.9 Å². The molecule has 0 bridgehead atoms. The summed E-state index contributed by atoms with van der Waals surface area (Å²) >= 11 is 5.98. The lowest BCUT2D eigenvalue weighted by molar-refractivity contribution is 0.0474. The molecule has 0 amide bonds. The molecule has 0 unspecified atom stereocenters. The molecule has 27 heavy (non-hydrogen) atoms. The van der Waals surface area contributed by atoms with Crippen LogP contribution in [0.5, 0.6) is 0 Å². The van der Waals surface area contributed by atoms with Gasteiger partial charge in [0.05, 0.1) is 15.5 Å². The second-order valence-electron chi connectivity index (χ2n) is 5.88. The maximum absolute atomic E-state index is 12.4. The molecule has 1 aromatic heterocycles. The first kappa shape index (κ1) is 21.1. The van der Waals surface area contributed by atoms with Crippen molar-refractivity contribution in [1.29, 1.82) is 0 Å². The highest BCUT2D eigenvalue weighted by atomic mass is 35.5. The fraction of sp³-hybridized carbons (Fsp3) is 0.333. The molecule has 0 saturated heterocycles. The van der Waals surface area contributed by atoms with Crippen LogP contribution < -0.4 is 4.72 Å². The summed E-state index contributed by atoms with van der Waals surface area (Å²) in [5.41, 5.74) is 2.11. The lowest BCUT2D eigenvalue weighted by Gasteiger charge is -2.09. The zero-order valence-corrected chi connectivity index (χ0v) is 17.1. The van der Waals surface area contributed by atoms with E-state index >= 15 is 0 Å². The van der Waals surface area contributed by atoms with E-state index in [4.69, 9.17) is 16.3 Å². The van der Waals surface area contributed by atoms with E-state index in [0.717, 1.165) is 24.0 Å². The van der Waals surface area contributed by atoms with Crippen LogP contribution in [0.15, 0.2) is 29.2 Å². The molecule has 1 N–H and O–H groups in total. The topological polar surface area (TPSA) is 94.5 Å². The standard InChI is InChI=1S/C18H21ClN2O5S/c1-5-21-11(2)8-14(12(21)3)17(22)10-26-18(23)15-9-13(6-7-16(15)19)27(24,25)20-4/h6-9,20H,5,10H2,1-4H3. The first-order chi connectivity index (χ1) is 12.6. The van der Waals surface area contributed by atoms with Gasteiger partial charge in [-0.05, 0) is 52.1 Å². The normalized spacial score (nSPS) is 11.4. The highest BCUT2D eigenvalue weighted by Gasteiger charge is 2.21. The number of hydrogen-bond donors (Lipinski definition) is 1. The number of benzene rings is 1. The van der Waals surface area contributed by atoms with Gasteiger partial charge in [0.25, 0.3) is 0 Å². The van der Waals surface area contributed by atoms with Gasteiger partial charge in [-0.15, -0.1) is 0 Å². The molecule has 0 fully saturated rings. The fourth-order valence-corrected chi connectivity index (χ4v) is 3.75. The average molecular weight is 413 g/mol. The van der Waals surface area contributed by atoms with Crippen LogP contribution in [0.4, 0.5) is 0 Å². The Hall–Kier alpha value is -2.16. The number of esters is 1. The number of nitrogens with zero attached hydrogens (tertiary/aromatic N) is 1. The highest BCUT2D eigenvalue weighted by Crippen LogP contribution is 2.22. The summed E-state index contributed by atoms with van der Waals surface area (Å²) in [6, 6.07) is 5.43. The lowest BCUT2D eigenvalue weighted by atomic mass is 10.1. The second kappa shape index (κ2) is 8.24. The number of sulfonamides is 1. The Labute approximate surface area is 163 Å². The van der Waals surface area contributed by atoms with Gasteiger partial charge >= 0.3 is 5.97 Å². The maximum atomic E-state index is 12.4. The van der Waals surface area contributed by atoms with Gasteiger partial charge in [0.2, 0.25) is 15.8 Å². The Morgan fingerprint density at radius 2 is 1.85 bits per heavy atom. The smallest absolute Gasteiger partial charge is 0.340 e. The van der Waals surface area contributed by atoms with Gasteiger partial charge in [0.1, 0.15) is 0 Å². The Balaban J connectivity index is 2.19. The van der Waals surface area contributed by atoms with Crippen molar-refractivity contribution in [2.75, 3.05) is 13.7 Å². The Bertz CT molecular complexity index is 995. The predicted molar refractivity (Wildman–Crippen MR) is 102 cm³/mol. The third-order valence-corrected chi connectivity index (χ3v) is 6.00. The minimum absolute atomic E-state index is 0.0339. The van der Waals surface area contributed by atoms with Crippen LogP contribution in [0.3, 0.4) is 0 Å². The first-order valence-electron chi connectivity index (χ1n) is 8.22. The van der Waals surface area contributed by atoms with E-state index in [0.29, 0.717) is 5.56 Å². The Kier molecular flexibility index (Phi) is 6.46. The van der Waals surface area contributed by atoms with E-state index in [1.807, 2.05) is 25.3 Å². The summed E-state index contributed by atoms with van der Waals surface area (Å²) in [7, 11) is -2.48. The molecule has 2 aromatic rings. The number of ketones is 1. The zero-order chi connectivity index (χ0) is 20.4. The third-order valence-electron chi connectivity index (χ3n) is 4.26. The van der Waals surface area contributed by atoms with Crippen molar-refractivity contribution in [2.45, 2.75) is 32.2 Å². The van der Waals surface area contributed by atoms with Crippen LogP contribution in [-0.4, -0.2) is 38.4 Å². The quantitative estimate of drug-likeness (QED) is 0.557. The molecule has 0 spiro atoms. The molecule has 2 rings (SSSR count). The van der Waals surface area contributed by atoms with Gasteiger partial charge < -0.3 is 9.30 Å². The number of ether oxygens (including phenoxy) is 1. The van der Waals surface area contributed by atoms with Crippen molar-refractivity contribution >= 4 is 33.4 Å². The van der Waals surface area contributed by atoms with E-state index in [2.05, 4.69) is 4.72 Å². The van der Waals surface area contributed by atoms with E-state index in [9.17, 15) is 18.0 Å². The molecular formula is C18H21ClN2O5S. The second-order valence-corrected chi connectivity index (χ2v) is 8.17. The number of carbonyl (C=O) groups is 2. The van der Waals surface area contributed by atoms with Crippen LogP contribution >= 0.6 is 11.6 Å². The van der Waals surface area contributed by atoms with Crippen LogP contribution in [0.2, 0.25) is 5.02 Å². The summed E-state index contributed by atoms with van der Waals surface area (Å²) < 4.78 is 33.0. The molecule has 146 valence electrons. The molecule has 9 heteroatoms. The highest BCUT2D eigenvalue weighted by molar-refractivity contribution is 7.89. The van der Waals surface area contributed by atoms with Gasteiger partial charge in [-0.3, -0.25) is 4.79 Å². The molecule has 1 aromatic carbocycles. The molecule has 0 aliphatic carbocycles. The van der Waals surface area contributed by atoms with Crippen molar-refractivity contribution < 1.29 is 22.7 Å². The number of hydrogen-bond acceptors (Lipinski definition) is 5. The van der Waals surface area contributed by atoms with Crippen molar-refractivity contribution in [2.24, 2.45) is 0 Å². The van der Waals surface area contributed by atoms with Crippen LogP contribution in [0, 0.1) is 13.8 Å². The SMILES string of the molecule is CCn1c(C)cc(C(=O)COC(=O)c2cc(S(=O)(=O)NC)ccc2Cl)c1C. The van der Waals surface area contributed by atoms with Crippen molar-refractivity contribution in [3.8, 4) is 0 Å². The van der Waals surface area contributed by atoms with E-state index < -0.39 is 22.6 Å². The lowest BCUT2D eigenvalue weighted by Crippen LogP contribution is -2.20. The minimum Gasteiger partial charge on any atom is -0.454 e. The Morgan fingerprint density at radius 1 is 1.19 bits per heavy atom. The molecule has 0 atom stereocenters. The van der Waals surface area contributed by atoms with E-state index in [1.54, 1.807) is 6.07 Å². The van der Waals surface area contributed by atoms with Crippen LogP contribution in [0.1, 0.15) is 39.0 Å². The summed E-state index contributed by atoms with van der Waals surface area (Å²) in [6.45, 7) is 5.96. The van der Waals surface area contributed by atoms with Gasteiger partial charge in [-0.1, -0.05) is 11.6 Å². The number of aromatic nitrogens is 1. The van der Waals surface area contributed by atoms with Gasteiger partial charge in [0.15, 0.2) is 6.61 Å². The van der Waals surface area contributed by atoms with Gasteiger partial charge in [0, 0.05) is 23.5 Å². The van der Waals surface area contributed by atoms with Crippen molar-refractivity contribution in [3.05, 3.63) is 51.8 Å². The number of nitrogens with one attached hydrogen (secondary N) is 1.